The molecule has 0 aliphatic heterocycles. The van der Waals surface area contributed by atoms with E-state index in [1.807, 2.05) is 13.8 Å². The molecule has 0 aliphatic rings. The van der Waals surface area contributed by atoms with Gasteiger partial charge in [-0.2, -0.15) is 0 Å². The third-order valence-corrected chi connectivity index (χ3v) is 4.74. The number of aryl methyl sites for hydroxylation is 2. The molecule has 0 unspecified atom stereocenters. The highest BCUT2D eigenvalue weighted by molar-refractivity contribution is 8.00. The van der Waals surface area contributed by atoms with Crippen LogP contribution in [0.1, 0.15) is 17.4 Å². The molecule has 1 atom stereocenters. The number of thioether (sulfide) groups is 1. The number of hydrogen-bond donors (Lipinski definition) is 0. The Bertz CT molecular complexity index is 580. The lowest BCUT2D eigenvalue weighted by molar-refractivity contribution is -0.304. The summed E-state index contributed by atoms with van der Waals surface area (Å²) < 4.78 is 0. The molecule has 2 aromatic rings. The molecule has 0 radical (unpaired) electrons. The Labute approximate surface area is 107 Å². The summed E-state index contributed by atoms with van der Waals surface area (Å²) in [5.41, 5.74) is 1.12. The molecule has 0 saturated carbocycles. The van der Waals surface area contributed by atoms with Crippen molar-refractivity contribution in [3.8, 4) is 0 Å². The van der Waals surface area contributed by atoms with Crippen molar-refractivity contribution >= 4 is 39.3 Å². The molecule has 0 bridgehead atoms. The van der Waals surface area contributed by atoms with E-state index < -0.39 is 11.2 Å². The molecule has 0 aliphatic carbocycles. The molecule has 0 spiro atoms. The lowest BCUT2D eigenvalue weighted by Gasteiger charge is -2.11. The molecule has 2 aromatic heterocycles. The van der Waals surface area contributed by atoms with Crippen LogP contribution in [-0.2, 0) is 4.79 Å². The average molecular weight is 267 g/mol. The Morgan fingerprint density at radius 1 is 1.47 bits per heavy atom. The molecule has 0 N–H and O–H groups in total. The van der Waals surface area contributed by atoms with Crippen molar-refractivity contribution in [3.63, 3.8) is 0 Å². The van der Waals surface area contributed by atoms with Gasteiger partial charge in [0.2, 0.25) is 0 Å². The third kappa shape index (κ3) is 2.28. The summed E-state index contributed by atoms with van der Waals surface area (Å²) in [5, 5.41) is 11.8. The molecule has 6 heteroatoms. The molecule has 0 fully saturated rings. The highest BCUT2D eigenvalue weighted by Crippen LogP contribution is 2.35. The van der Waals surface area contributed by atoms with E-state index in [9.17, 15) is 9.90 Å². The number of fused-ring (bicyclic) bond motifs is 1. The number of carboxylic acids is 1. The monoisotopic (exact) mass is 267 g/mol. The standard InChI is InChI=1S/C11H12N2O2S2/c1-5-6(2)16-9-8(5)10(13-4-12-9)17-7(3)11(14)15/h4,7H,1-3H3,(H,14,15)/p-1/t7-/m1/s1. The summed E-state index contributed by atoms with van der Waals surface area (Å²) in [6.07, 6.45) is 1.47. The first-order valence-corrected chi connectivity index (χ1v) is 6.78. The van der Waals surface area contributed by atoms with Gasteiger partial charge >= 0.3 is 0 Å². The normalized spacial score (nSPS) is 12.9. The van der Waals surface area contributed by atoms with Gasteiger partial charge in [0, 0.05) is 15.5 Å². The minimum atomic E-state index is -1.08. The molecule has 0 aromatic carbocycles. The lowest BCUT2D eigenvalue weighted by Crippen LogP contribution is -2.31. The van der Waals surface area contributed by atoms with Gasteiger partial charge in [-0.3, -0.25) is 0 Å². The summed E-state index contributed by atoms with van der Waals surface area (Å²) in [5.74, 6) is -1.08. The van der Waals surface area contributed by atoms with Crippen LogP contribution in [0.4, 0.5) is 0 Å². The van der Waals surface area contributed by atoms with Gasteiger partial charge in [0.25, 0.3) is 0 Å². The SMILES string of the molecule is Cc1sc2ncnc(S[C@H](C)C(=O)[O-])c2c1C. The van der Waals surface area contributed by atoms with Crippen LogP contribution in [0.5, 0.6) is 0 Å². The second kappa shape index (κ2) is 4.62. The first kappa shape index (κ1) is 12.3. The van der Waals surface area contributed by atoms with Crippen LogP contribution in [0.2, 0.25) is 0 Å². The Balaban J connectivity index is 2.50. The summed E-state index contributed by atoms with van der Waals surface area (Å²) in [6.45, 7) is 5.63. The predicted molar refractivity (Wildman–Crippen MR) is 67.2 cm³/mol. The van der Waals surface area contributed by atoms with E-state index in [0.29, 0.717) is 5.03 Å². The molecule has 2 heterocycles. The number of nitrogens with zero attached hydrogens (tertiary/aromatic N) is 2. The van der Waals surface area contributed by atoms with Crippen molar-refractivity contribution < 1.29 is 9.90 Å². The molecular formula is C11H11N2O2S2-. The van der Waals surface area contributed by atoms with E-state index >= 15 is 0 Å². The van der Waals surface area contributed by atoms with Crippen LogP contribution in [0.25, 0.3) is 10.2 Å². The molecule has 90 valence electrons. The van der Waals surface area contributed by atoms with E-state index in [4.69, 9.17) is 0 Å². The number of carboxylic acid groups (broad SMARTS) is 1. The second-order valence-corrected chi connectivity index (χ2v) is 6.25. The van der Waals surface area contributed by atoms with Gasteiger partial charge in [0.1, 0.15) is 16.2 Å². The van der Waals surface area contributed by atoms with Gasteiger partial charge in [-0.05, 0) is 26.3 Å². The summed E-state index contributed by atoms with van der Waals surface area (Å²) in [7, 11) is 0. The molecule has 17 heavy (non-hydrogen) atoms. The lowest BCUT2D eigenvalue weighted by atomic mass is 10.2. The van der Waals surface area contributed by atoms with Crippen LogP contribution in [0.3, 0.4) is 0 Å². The summed E-state index contributed by atoms with van der Waals surface area (Å²) in [4.78, 5) is 21.2. The fraction of sp³-hybridized carbons (Fsp3) is 0.364. The summed E-state index contributed by atoms with van der Waals surface area (Å²) >= 11 is 2.80. The number of carbonyl (C=O) groups is 1. The van der Waals surface area contributed by atoms with Gasteiger partial charge in [-0.25, -0.2) is 9.97 Å². The van der Waals surface area contributed by atoms with E-state index in [1.54, 1.807) is 18.3 Å². The number of rotatable bonds is 3. The maximum atomic E-state index is 10.8. The van der Waals surface area contributed by atoms with E-state index in [2.05, 4.69) is 9.97 Å². The molecule has 0 saturated heterocycles. The number of thiophene rings is 1. The first-order chi connectivity index (χ1) is 8.00. The number of aromatic nitrogens is 2. The smallest absolute Gasteiger partial charge is 0.128 e. The maximum absolute atomic E-state index is 10.8. The maximum Gasteiger partial charge on any atom is 0.128 e. The fourth-order valence-electron chi connectivity index (χ4n) is 1.46. The van der Waals surface area contributed by atoms with E-state index in [1.165, 1.54) is 23.0 Å². The van der Waals surface area contributed by atoms with Gasteiger partial charge in [0.15, 0.2) is 0 Å². The van der Waals surface area contributed by atoms with E-state index in [0.717, 1.165) is 15.8 Å². The minimum absolute atomic E-state index is 0.618. The Morgan fingerprint density at radius 2 is 2.18 bits per heavy atom. The summed E-state index contributed by atoms with van der Waals surface area (Å²) in [6, 6.07) is 0. The van der Waals surface area contributed by atoms with Crippen molar-refractivity contribution in [1.29, 1.82) is 0 Å². The van der Waals surface area contributed by atoms with E-state index in [-0.39, 0.29) is 0 Å². The van der Waals surface area contributed by atoms with Gasteiger partial charge < -0.3 is 9.90 Å². The van der Waals surface area contributed by atoms with Crippen LogP contribution >= 0.6 is 23.1 Å². The third-order valence-electron chi connectivity index (χ3n) is 2.55. The zero-order valence-corrected chi connectivity index (χ0v) is 11.3. The van der Waals surface area contributed by atoms with Gasteiger partial charge in [0.05, 0.1) is 5.97 Å². The molecule has 2 rings (SSSR count). The van der Waals surface area contributed by atoms with Gasteiger partial charge in [-0.15, -0.1) is 11.3 Å². The van der Waals surface area contributed by atoms with Crippen LogP contribution in [0, 0.1) is 13.8 Å². The van der Waals surface area contributed by atoms with Crippen LogP contribution in [-0.4, -0.2) is 21.2 Å². The fourth-order valence-corrected chi connectivity index (χ4v) is 3.42. The predicted octanol–water partition coefficient (Wildman–Crippen LogP) is 1.54. The number of carbonyl (C=O) groups excluding carboxylic acids is 1. The molecule has 0 amide bonds. The van der Waals surface area contributed by atoms with Crippen LogP contribution in [0.15, 0.2) is 11.4 Å². The van der Waals surface area contributed by atoms with Crippen molar-refractivity contribution in [2.45, 2.75) is 31.0 Å². The quantitative estimate of drug-likeness (QED) is 0.623. The Kier molecular flexibility index (Phi) is 3.35. The molecular weight excluding hydrogens is 256 g/mol. The second-order valence-electron chi connectivity index (χ2n) is 3.72. The minimum Gasteiger partial charge on any atom is -0.549 e. The van der Waals surface area contributed by atoms with Gasteiger partial charge in [-0.1, -0.05) is 11.8 Å². The largest absolute Gasteiger partial charge is 0.549 e. The topological polar surface area (TPSA) is 65.9 Å². The first-order valence-electron chi connectivity index (χ1n) is 5.09. The van der Waals surface area contributed by atoms with Crippen molar-refractivity contribution in [2.75, 3.05) is 0 Å². The molecule has 4 nitrogen and oxygen atoms in total. The Hall–Kier alpha value is -1.14. The highest BCUT2D eigenvalue weighted by atomic mass is 32.2. The highest BCUT2D eigenvalue weighted by Gasteiger charge is 2.15. The number of hydrogen-bond acceptors (Lipinski definition) is 6. The zero-order chi connectivity index (χ0) is 12.6. The Morgan fingerprint density at radius 3 is 2.82 bits per heavy atom. The van der Waals surface area contributed by atoms with Crippen molar-refractivity contribution in [2.24, 2.45) is 0 Å². The van der Waals surface area contributed by atoms with Crippen molar-refractivity contribution in [1.82, 2.24) is 9.97 Å². The number of aliphatic carboxylic acids is 1. The average Bonchev–Trinajstić information content (AvgIpc) is 2.56. The van der Waals surface area contributed by atoms with Crippen molar-refractivity contribution in [3.05, 3.63) is 16.8 Å². The zero-order valence-electron chi connectivity index (χ0n) is 9.68. The van der Waals surface area contributed by atoms with Crippen LogP contribution < -0.4 is 5.11 Å².